The van der Waals surface area contributed by atoms with Gasteiger partial charge in [-0.2, -0.15) is 0 Å². The number of amides is 1. The normalized spacial score (nSPS) is 19.2. The van der Waals surface area contributed by atoms with E-state index in [0.717, 1.165) is 5.52 Å². The summed E-state index contributed by atoms with van der Waals surface area (Å²) < 4.78 is 0. The van der Waals surface area contributed by atoms with Gasteiger partial charge >= 0.3 is 0 Å². The van der Waals surface area contributed by atoms with E-state index in [9.17, 15) is 4.79 Å². The van der Waals surface area contributed by atoms with Gasteiger partial charge in [-0.05, 0) is 23.0 Å². The molecule has 1 amide bonds. The molecule has 0 unspecified atom stereocenters. The van der Waals surface area contributed by atoms with Crippen LogP contribution in [0.4, 0.5) is 0 Å². The van der Waals surface area contributed by atoms with Crippen LogP contribution >= 0.6 is 0 Å². The second kappa shape index (κ2) is 8.03. The number of carbonyl (C=O) groups excluding carboxylic acids is 1. The van der Waals surface area contributed by atoms with Crippen molar-refractivity contribution in [3.63, 3.8) is 0 Å². The van der Waals surface area contributed by atoms with E-state index in [-0.39, 0.29) is 5.31 Å². The number of fused-ring (bicyclic) bond motifs is 1. The first-order chi connectivity index (χ1) is 12.1. The Morgan fingerprint density at radius 1 is 0.960 bits per heavy atom. The number of nitrogens with two attached hydrogens (primary N) is 1. The summed E-state index contributed by atoms with van der Waals surface area (Å²) in [5.41, 5.74) is 8.09. The molecule has 1 aromatic heterocycles. The quantitative estimate of drug-likeness (QED) is 0.840. The van der Waals surface area contributed by atoms with Gasteiger partial charge in [0, 0.05) is 5.39 Å². The number of carbonyl (C=O) groups is 1. The van der Waals surface area contributed by atoms with Crippen molar-refractivity contribution >= 4 is 24.7 Å². The predicted molar refractivity (Wildman–Crippen MR) is 107 cm³/mol. The van der Waals surface area contributed by atoms with Crippen molar-refractivity contribution in [2.24, 2.45) is 5.73 Å². The number of hydrogen-bond acceptors (Lipinski definition) is 2. The lowest BCUT2D eigenvalue weighted by molar-refractivity contribution is 0.0996. The third-order valence-electron chi connectivity index (χ3n) is 5.83. The highest BCUT2D eigenvalue weighted by Gasteiger charge is 2.29. The number of nitrogens with zero attached hydrogens (tertiary/aromatic N) is 1. The van der Waals surface area contributed by atoms with Gasteiger partial charge in [0.2, 0.25) is 0 Å². The lowest BCUT2D eigenvalue weighted by Gasteiger charge is -2.32. The van der Waals surface area contributed by atoms with Crippen LogP contribution in [-0.2, 0) is 5.31 Å². The molecule has 3 rings (SSSR count). The number of para-hydroxylation sites is 1. The van der Waals surface area contributed by atoms with Crippen LogP contribution in [0, 0.1) is 0 Å². The topological polar surface area (TPSA) is 56.0 Å². The van der Waals surface area contributed by atoms with Crippen molar-refractivity contribution in [2.75, 3.05) is 0 Å². The van der Waals surface area contributed by atoms with E-state index >= 15 is 0 Å². The zero-order valence-corrected chi connectivity index (χ0v) is 15.4. The van der Waals surface area contributed by atoms with Crippen molar-refractivity contribution in [1.82, 2.24) is 4.98 Å². The van der Waals surface area contributed by atoms with Gasteiger partial charge in [0.05, 0.1) is 5.52 Å². The van der Waals surface area contributed by atoms with Crippen LogP contribution in [0.5, 0.6) is 0 Å². The van der Waals surface area contributed by atoms with E-state index in [1.165, 1.54) is 75.2 Å². The van der Waals surface area contributed by atoms with Crippen molar-refractivity contribution < 1.29 is 4.79 Å². The summed E-state index contributed by atoms with van der Waals surface area (Å²) in [5.74, 6) is -0.438. The Morgan fingerprint density at radius 3 is 2.12 bits per heavy atom. The van der Waals surface area contributed by atoms with Crippen LogP contribution in [0.25, 0.3) is 10.9 Å². The Balaban J connectivity index is 2.04. The van der Waals surface area contributed by atoms with Gasteiger partial charge in [0.15, 0.2) is 0 Å². The summed E-state index contributed by atoms with van der Waals surface area (Å²) in [6, 6.07) is 10.1. The van der Waals surface area contributed by atoms with Gasteiger partial charge in [-0.3, -0.25) is 4.79 Å². The summed E-state index contributed by atoms with van der Waals surface area (Å²) >= 11 is 0. The van der Waals surface area contributed by atoms with E-state index in [1.807, 2.05) is 18.2 Å². The molecule has 0 atom stereocenters. The Morgan fingerprint density at radius 2 is 1.52 bits per heavy atom. The maximum atomic E-state index is 11.8. The molecule has 2 N–H and O–H groups in total. The number of primary amides is 1. The number of pyridine rings is 1. The molecule has 0 bridgehead atoms. The van der Waals surface area contributed by atoms with Crippen LogP contribution in [-0.4, -0.2) is 18.7 Å². The zero-order chi connectivity index (χ0) is 17.7. The number of aromatic nitrogens is 1. The fourth-order valence-corrected chi connectivity index (χ4v) is 4.29. The largest absolute Gasteiger partial charge is 0.364 e. The average Bonchev–Trinajstić information content (AvgIpc) is 2.66. The monoisotopic (exact) mass is 336 g/mol. The maximum Gasteiger partial charge on any atom is 0.267 e. The van der Waals surface area contributed by atoms with Gasteiger partial charge in [-0.1, -0.05) is 82.4 Å². The molecule has 25 heavy (non-hydrogen) atoms. The van der Waals surface area contributed by atoms with Crippen molar-refractivity contribution in [3.05, 3.63) is 41.6 Å². The first-order valence-corrected chi connectivity index (χ1v) is 9.80. The molecular formula is C21H29BN2O. The highest BCUT2D eigenvalue weighted by molar-refractivity contribution is 6.17. The first kappa shape index (κ1) is 18.0. The number of rotatable bonds is 2. The third kappa shape index (κ3) is 4.23. The molecule has 1 aliphatic carbocycles. The molecule has 1 aliphatic rings. The zero-order valence-electron chi connectivity index (χ0n) is 15.4. The number of hydrogen-bond donors (Lipinski definition) is 1. The molecule has 4 heteroatoms. The SMILES string of the molecule is BC1(c2cc(C(N)=O)nc3ccccc23)CCCCCCCCCC1. The van der Waals surface area contributed by atoms with Gasteiger partial charge in [0.1, 0.15) is 13.5 Å². The second-order valence-electron chi connectivity index (χ2n) is 7.83. The van der Waals surface area contributed by atoms with Gasteiger partial charge in [-0.15, -0.1) is 0 Å². The molecule has 1 fully saturated rings. The highest BCUT2D eigenvalue weighted by atomic mass is 16.1. The summed E-state index contributed by atoms with van der Waals surface area (Å²) in [7, 11) is 2.37. The van der Waals surface area contributed by atoms with Crippen LogP contribution in [0.1, 0.15) is 80.3 Å². The first-order valence-electron chi connectivity index (χ1n) is 9.80. The molecular weight excluding hydrogens is 307 g/mol. The summed E-state index contributed by atoms with van der Waals surface area (Å²) in [6.45, 7) is 0. The summed E-state index contributed by atoms with van der Waals surface area (Å²) in [6.07, 6.45) is 12.9. The minimum atomic E-state index is -0.438. The van der Waals surface area contributed by atoms with Crippen LogP contribution < -0.4 is 5.73 Å². The minimum Gasteiger partial charge on any atom is -0.364 e. The van der Waals surface area contributed by atoms with E-state index in [2.05, 4.69) is 25.0 Å². The van der Waals surface area contributed by atoms with Crippen molar-refractivity contribution in [2.45, 2.75) is 69.5 Å². The molecule has 1 aromatic carbocycles. The van der Waals surface area contributed by atoms with Crippen LogP contribution in [0.2, 0.25) is 0 Å². The number of benzene rings is 1. The minimum absolute atomic E-state index is 0.0804. The lowest BCUT2D eigenvalue weighted by Crippen LogP contribution is -2.28. The Bertz CT molecular complexity index is 732. The molecule has 0 aliphatic heterocycles. The van der Waals surface area contributed by atoms with Crippen LogP contribution in [0.3, 0.4) is 0 Å². The Kier molecular flexibility index (Phi) is 5.77. The maximum absolute atomic E-state index is 11.8. The van der Waals surface area contributed by atoms with Gasteiger partial charge in [-0.25, -0.2) is 4.98 Å². The standard InChI is InChI=1S/C21H29BN2O/c22-21(13-9-5-3-1-2-4-6-10-14-21)17-15-19(20(23)25)24-18-12-8-7-11-16(17)18/h7-8,11-12,15H,1-6,9-10,13-14,22H2,(H2,23,25). The average molecular weight is 336 g/mol. The second-order valence-corrected chi connectivity index (χ2v) is 7.83. The molecule has 1 heterocycles. The van der Waals surface area contributed by atoms with Gasteiger partial charge in [0.25, 0.3) is 5.91 Å². The molecule has 2 aromatic rings. The summed E-state index contributed by atoms with van der Waals surface area (Å²) in [4.78, 5) is 16.3. The Hall–Kier alpha value is -1.84. The smallest absolute Gasteiger partial charge is 0.267 e. The van der Waals surface area contributed by atoms with Gasteiger partial charge < -0.3 is 5.73 Å². The molecule has 3 nitrogen and oxygen atoms in total. The lowest BCUT2D eigenvalue weighted by atomic mass is 9.58. The predicted octanol–water partition coefficient (Wildman–Crippen LogP) is 4.08. The van der Waals surface area contributed by atoms with Crippen molar-refractivity contribution in [3.8, 4) is 0 Å². The molecule has 0 saturated heterocycles. The van der Waals surface area contributed by atoms with E-state index in [0.29, 0.717) is 5.69 Å². The Labute approximate surface area is 151 Å². The fourth-order valence-electron chi connectivity index (χ4n) is 4.29. The molecule has 0 spiro atoms. The highest BCUT2D eigenvalue weighted by Crippen LogP contribution is 2.37. The molecule has 1 saturated carbocycles. The fraction of sp³-hybridized carbons (Fsp3) is 0.524. The molecule has 132 valence electrons. The molecule has 0 radical (unpaired) electrons. The van der Waals surface area contributed by atoms with Crippen molar-refractivity contribution in [1.29, 1.82) is 0 Å². The summed E-state index contributed by atoms with van der Waals surface area (Å²) in [5, 5.41) is 1.25. The van der Waals surface area contributed by atoms with E-state index in [4.69, 9.17) is 5.73 Å². The third-order valence-corrected chi connectivity index (χ3v) is 5.83. The van der Waals surface area contributed by atoms with E-state index in [1.54, 1.807) is 0 Å². The van der Waals surface area contributed by atoms with Crippen LogP contribution in [0.15, 0.2) is 30.3 Å². The van der Waals surface area contributed by atoms with E-state index < -0.39 is 5.91 Å².